The normalized spacial score (nSPS) is 27.1. The molecule has 4 amide bonds. The molecule has 3 aliphatic rings. The van der Waals surface area contributed by atoms with Gasteiger partial charge in [-0.05, 0) is 50.3 Å². The zero-order valence-electron chi connectivity index (χ0n) is 16.2. The molecule has 2 N–H and O–H groups in total. The summed E-state index contributed by atoms with van der Waals surface area (Å²) in [6, 6.07) is 4.26. The Hall–Kier alpha value is -2.35. The maximum absolute atomic E-state index is 13.8. The van der Waals surface area contributed by atoms with Crippen molar-refractivity contribution in [1.82, 2.24) is 15.5 Å². The lowest BCUT2D eigenvalue weighted by atomic mass is 9.87. The van der Waals surface area contributed by atoms with Crippen LogP contribution in [0.4, 0.5) is 14.9 Å². The minimum absolute atomic E-state index is 0.0140. The van der Waals surface area contributed by atoms with Gasteiger partial charge >= 0.3 is 6.03 Å². The van der Waals surface area contributed by atoms with E-state index < -0.39 is 17.4 Å². The Balaban J connectivity index is 1.36. The predicted molar refractivity (Wildman–Crippen MR) is 106 cm³/mol. The Bertz CT molecular complexity index is 862. The van der Waals surface area contributed by atoms with Gasteiger partial charge in [0.1, 0.15) is 11.4 Å². The van der Waals surface area contributed by atoms with Crippen molar-refractivity contribution < 1.29 is 18.8 Å². The highest BCUT2D eigenvalue weighted by Gasteiger charge is 2.55. The van der Waals surface area contributed by atoms with Crippen molar-refractivity contribution in [2.45, 2.75) is 44.2 Å². The summed E-state index contributed by atoms with van der Waals surface area (Å²) in [5.74, 6) is -0.706. The van der Waals surface area contributed by atoms with E-state index in [2.05, 4.69) is 15.5 Å². The molecule has 156 valence electrons. The van der Waals surface area contributed by atoms with E-state index in [1.54, 1.807) is 11.0 Å². The number of amides is 4. The highest BCUT2D eigenvalue weighted by Crippen LogP contribution is 2.43. The Morgan fingerprint density at radius 2 is 2.07 bits per heavy atom. The number of hydrogen-bond donors (Lipinski definition) is 2. The first kappa shape index (κ1) is 19.9. The fraction of sp³-hybridized carbons (Fsp3) is 0.550. The van der Waals surface area contributed by atoms with Crippen LogP contribution in [0, 0.1) is 11.7 Å². The topological polar surface area (TPSA) is 81.8 Å². The summed E-state index contributed by atoms with van der Waals surface area (Å²) in [7, 11) is 0. The third-order valence-corrected chi connectivity index (χ3v) is 6.50. The lowest BCUT2D eigenvalue weighted by molar-refractivity contribution is -0.133. The average Bonchev–Trinajstić information content (AvgIpc) is 3.48. The maximum Gasteiger partial charge on any atom is 0.322 e. The molecule has 3 fully saturated rings. The van der Waals surface area contributed by atoms with Crippen LogP contribution in [0.2, 0.25) is 5.02 Å². The summed E-state index contributed by atoms with van der Waals surface area (Å²) in [6.45, 7) is 3.60. The molecule has 2 atom stereocenters. The number of nitrogens with one attached hydrogen (secondary N) is 2. The molecular formula is C20H24ClFN4O3. The van der Waals surface area contributed by atoms with E-state index in [4.69, 9.17) is 11.6 Å². The molecule has 2 aliphatic heterocycles. The minimum atomic E-state index is -0.943. The van der Waals surface area contributed by atoms with Gasteiger partial charge in [0.2, 0.25) is 5.91 Å². The van der Waals surface area contributed by atoms with E-state index in [0.29, 0.717) is 26.1 Å². The van der Waals surface area contributed by atoms with Gasteiger partial charge in [-0.25, -0.2) is 9.18 Å². The quantitative estimate of drug-likeness (QED) is 0.713. The monoisotopic (exact) mass is 422 g/mol. The van der Waals surface area contributed by atoms with Crippen molar-refractivity contribution in [3.63, 3.8) is 0 Å². The molecule has 0 aromatic heterocycles. The molecule has 2 saturated heterocycles. The van der Waals surface area contributed by atoms with E-state index in [-0.39, 0.29) is 35.2 Å². The Kier molecular flexibility index (Phi) is 5.14. The number of piperazine rings is 1. The fourth-order valence-electron chi connectivity index (χ4n) is 4.44. The van der Waals surface area contributed by atoms with Crippen molar-refractivity contribution in [2.24, 2.45) is 5.92 Å². The van der Waals surface area contributed by atoms with Crippen molar-refractivity contribution in [3.05, 3.63) is 29.0 Å². The number of nitrogens with zero attached hydrogens (tertiary/aromatic N) is 2. The number of imide groups is 1. The number of halogens is 2. The summed E-state index contributed by atoms with van der Waals surface area (Å²) in [4.78, 5) is 40.6. The zero-order valence-corrected chi connectivity index (χ0v) is 17.0. The van der Waals surface area contributed by atoms with Gasteiger partial charge < -0.3 is 15.1 Å². The maximum atomic E-state index is 13.8. The van der Waals surface area contributed by atoms with Crippen molar-refractivity contribution in [3.8, 4) is 0 Å². The highest BCUT2D eigenvalue weighted by atomic mass is 35.5. The summed E-state index contributed by atoms with van der Waals surface area (Å²) in [5.41, 5.74) is -0.203. The first-order valence-electron chi connectivity index (χ1n) is 9.93. The third kappa shape index (κ3) is 3.77. The van der Waals surface area contributed by atoms with Gasteiger partial charge in [0.25, 0.3) is 5.91 Å². The first-order valence-corrected chi connectivity index (χ1v) is 10.3. The largest absolute Gasteiger partial charge is 0.365 e. The van der Waals surface area contributed by atoms with E-state index in [1.807, 2.05) is 6.92 Å². The molecule has 1 saturated carbocycles. The smallest absolute Gasteiger partial charge is 0.322 e. The van der Waals surface area contributed by atoms with Crippen molar-refractivity contribution in [2.75, 3.05) is 24.5 Å². The second kappa shape index (κ2) is 7.48. The van der Waals surface area contributed by atoms with Crippen LogP contribution in [0.3, 0.4) is 0 Å². The second-order valence-electron chi connectivity index (χ2n) is 8.13. The van der Waals surface area contributed by atoms with E-state index in [0.717, 1.165) is 18.5 Å². The molecule has 1 aromatic rings. The van der Waals surface area contributed by atoms with Gasteiger partial charge in [-0.1, -0.05) is 11.6 Å². The number of rotatable bonds is 5. The number of hydrogen-bond acceptors (Lipinski definition) is 4. The molecular weight excluding hydrogens is 399 g/mol. The Morgan fingerprint density at radius 3 is 2.66 bits per heavy atom. The fourth-order valence-corrected chi connectivity index (χ4v) is 4.56. The van der Waals surface area contributed by atoms with Crippen LogP contribution in [0.5, 0.6) is 0 Å². The average molecular weight is 423 g/mol. The SMILES string of the molecule is C[C@H]1CN(C(=O)CC[C@]2(C3CC3)NC(=O)NC2=O)CCN1c1ccc(Cl)c(F)c1. The number of carbonyl (C=O) groups is 3. The summed E-state index contributed by atoms with van der Waals surface area (Å²) < 4.78 is 13.8. The van der Waals surface area contributed by atoms with Crippen LogP contribution in [-0.4, -0.2) is 54.0 Å². The van der Waals surface area contributed by atoms with Crippen LogP contribution < -0.4 is 15.5 Å². The first-order chi connectivity index (χ1) is 13.8. The predicted octanol–water partition coefficient (Wildman–Crippen LogP) is 2.28. The van der Waals surface area contributed by atoms with Crippen LogP contribution in [0.1, 0.15) is 32.6 Å². The Labute approximate surface area is 173 Å². The molecule has 7 nitrogen and oxygen atoms in total. The Morgan fingerprint density at radius 1 is 1.31 bits per heavy atom. The molecule has 4 rings (SSSR count). The van der Waals surface area contributed by atoms with Crippen LogP contribution in [0.15, 0.2) is 18.2 Å². The van der Waals surface area contributed by atoms with Gasteiger partial charge in [0.15, 0.2) is 0 Å². The molecule has 0 spiro atoms. The standard InChI is InChI=1S/C20H24ClFN4O3/c1-12-11-25(8-9-26(12)14-4-5-15(21)16(22)10-14)17(27)6-7-20(13-2-3-13)18(28)23-19(29)24-20/h4-5,10,12-13H,2-3,6-9,11H2,1H3,(H2,23,24,28,29)/t12-,20+/m0/s1. The van der Waals surface area contributed by atoms with Crippen LogP contribution in [0.25, 0.3) is 0 Å². The summed E-state index contributed by atoms with van der Waals surface area (Å²) >= 11 is 5.77. The minimum Gasteiger partial charge on any atom is -0.365 e. The van der Waals surface area contributed by atoms with Gasteiger partial charge in [-0.2, -0.15) is 0 Å². The molecule has 9 heteroatoms. The second-order valence-corrected chi connectivity index (χ2v) is 8.54. The molecule has 1 aliphatic carbocycles. The lowest BCUT2D eigenvalue weighted by Crippen LogP contribution is -2.54. The highest BCUT2D eigenvalue weighted by molar-refractivity contribution is 6.30. The number of urea groups is 1. The van der Waals surface area contributed by atoms with Gasteiger partial charge in [-0.15, -0.1) is 0 Å². The van der Waals surface area contributed by atoms with Crippen LogP contribution >= 0.6 is 11.6 Å². The summed E-state index contributed by atoms with van der Waals surface area (Å²) in [5, 5.41) is 5.16. The van der Waals surface area contributed by atoms with Gasteiger partial charge in [-0.3, -0.25) is 14.9 Å². The summed E-state index contributed by atoms with van der Waals surface area (Å²) in [6.07, 6.45) is 2.28. The van der Waals surface area contributed by atoms with Crippen LogP contribution in [-0.2, 0) is 9.59 Å². The van der Waals surface area contributed by atoms with Crippen molar-refractivity contribution >= 4 is 35.1 Å². The third-order valence-electron chi connectivity index (χ3n) is 6.19. The number of anilines is 1. The molecule has 1 aromatic carbocycles. The van der Waals surface area contributed by atoms with Gasteiger partial charge in [0, 0.05) is 37.8 Å². The zero-order chi connectivity index (χ0) is 20.8. The number of benzene rings is 1. The van der Waals surface area contributed by atoms with Gasteiger partial charge in [0.05, 0.1) is 5.02 Å². The van der Waals surface area contributed by atoms with E-state index >= 15 is 0 Å². The van der Waals surface area contributed by atoms with E-state index in [1.165, 1.54) is 12.1 Å². The van der Waals surface area contributed by atoms with E-state index in [9.17, 15) is 18.8 Å². The lowest BCUT2D eigenvalue weighted by Gasteiger charge is -2.41. The molecule has 2 heterocycles. The van der Waals surface area contributed by atoms with Crippen molar-refractivity contribution in [1.29, 1.82) is 0 Å². The number of carbonyl (C=O) groups excluding carboxylic acids is 3. The molecule has 0 bridgehead atoms. The molecule has 0 radical (unpaired) electrons. The molecule has 29 heavy (non-hydrogen) atoms. The molecule has 0 unspecified atom stereocenters.